The van der Waals surface area contributed by atoms with Crippen molar-refractivity contribution in [3.63, 3.8) is 0 Å². The summed E-state index contributed by atoms with van der Waals surface area (Å²) in [5.74, 6) is 0. The van der Waals surface area contributed by atoms with Crippen LogP contribution < -0.4 is 0 Å². The molecule has 1 rings (SSSR count). The number of hydrogen-bond acceptors (Lipinski definition) is 1. The molecule has 0 radical (unpaired) electrons. The number of hydrogen-bond donors (Lipinski definition) is 0. The Kier molecular flexibility index (Phi) is 6.33. The van der Waals surface area contributed by atoms with Gasteiger partial charge in [-0.2, -0.15) is 0 Å². The zero-order chi connectivity index (χ0) is 10.1. The van der Waals surface area contributed by atoms with Crippen LogP contribution in [0.2, 0.25) is 0 Å². The molecule has 0 aromatic carbocycles. The van der Waals surface area contributed by atoms with Gasteiger partial charge in [-0.3, -0.25) is 4.98 Å². The van der Waals surface area contributed by atoms with Crippen molar-refractivity contribution in [2.24, 2.45) is 0 Å². The lowest BCUT2D eigenvalue weighted by molar-refractivity contribution is 0.816. The van der Waals surface area contributed by atoms with E-state index >= 15 is 0 Å². The number of alkyl halides is 1. The highest BCUT2D eigenvalue weighted by atomic mass is 79.9. The molecule has 0 N–H and O–H groups in total. The zero-order valence-electron chi connectivity index (χ0n) is 8.32. The quantitative estimate of drug-likeness (QED) is 0.428. The first-order valence-corrected chi connectivity index (χ1v) is 6.16. The molecule has 0 saturated carbocycles. The molecule has 1 heterocycles. The molecule has 2 heteroatoms. The molecule has 1 aromatic heterocycles. The molecule has 1 nitrogen and oxygen atoms in total. The van der Waals surface area contributed by atoms with E-state index in [1.165, 1.54) is 12.1 Å². The van der Waals surface area contributed by atoms with Crippen LogP contribution in [-0.2, 0) is 6.42 Å². The number of aryl methyl sites for hydroxylation is 1. The van der Waals surface area contributed by atoms with Crippen LogP contribution in [0.15, 0.2) is 36.5 Å². The number of rotatable bonds is 6. The van der Waals surface area contributed by atoms with Gasteiger partial charge in [0.05, 0.1) is 0 Å². The van der Waals surface area contributed by atoms with Gasteiger partial charge in [0.1, 0.15) is 0 Å². The van der Waals surface area contributed by atoms with Gasteiger partial charge < -0.3 is 0 Å². The predicted octanol–water partition coefficient (Wildman–Crippen LogP) is 3.75. The van der Waals surface area contributed by atoms with E-state index in [0.29, 0.717) is 0 Å². The maximum atomic E-state index is 4.28. The maximum absolute atomic E-state index is 4.28. The molecular formula is C12H16BrN. The lowest BCUT2D eigenvalue weighted by Gasteiger charge is -1.96. The van der Waals surface area contributed by atoms with E-state index in [9.17, 15) is 0 Å². The molecule has 0 unspecified atom stereocenters. The summed E-state index contributed by atoms with van der Waals surface area (Å²) in [7, 11) is 0. The summed E-state index contributed by atoms with van der Waals surface area (Å²) < 4.78 is 0. The van der Waals surface area contributed by atoms with Gasteiger partial charge in [-0.1, -0.05) is 34.1 Å². The molecule has 0 aliphatic rings. The first-order chi connectivity index (χ1) is 6.93. The zero-order valence-corrected chi connectivity index (χ0v) is 9.91. The molecule has 0 atom stereocenters. The van der Waals surface area contributed by atoms with Gasteiger partial charge in [0, 0.05) is 17.2 Å². The van der Waals surface area contributed by atoms with E-state index in [-0.39, 0.29) is 0 Å². The lowest BCUT2D eigenvalue weighted by atomic mass is 10.1. The standard InChI is InChI=1S/C12H16BrN/c13-10-6-3-1-2-4-8-12-9-5-7-11-14-12/h1,3,5,7,9,11H,2,4,6,8,10H2/b3-1+. The smallest absolute Gasteiger partial charge is 0.0403 e. The molecule has 0 aliphatic heterocycles. The summed E-state index contributed by atoms with van der Waals surface area (Å²) in [5.41, 5.74) is 1.20. The molecule has 76 valence electrons. The summed E-state index contributed by atoms with van der Waals surface area (Å²) in [4.78, 5) is 4.28. The average molecular weight is 254 g/mol. The molecule has 1 aromatic rings. The third kappa shape index (κ3) is 5.18. The third-order valence-electron chi connectivity index (χ3n) is 1.97. The summed E-state index contributed by atoms with van der Waals surface area (Å²) in [6.07, 6.45) is 10.9. The molecular weight excluding hydrogens is 238 g/mol. The fourth-order valence-electron chi connectivity index (χ4n) is 1.25. The molecule has 14 heavy (non-hydrogen) atoms. The van der Waals surface area contributed by atoms with Gasteiger partial charge >= 0.3 is 0 Å². The summed E-state index contributed by atoms with van der Waals surface area (Å²) >= 11 is 3.39. The van der Waals surface area contributed by atoms with Crippen LogP contribution in [-0.4, -0.2) is 10.3 Å². The Balaban J connectivity index is 2.10. The second kappa shape index (κ2) is 7.74. The second-order valence-electron chi connectivity index (χ2n) is 3.16. The Morgan fingerprint density at radius 2 is 2.07 bits per heavy atom. The number of halogens is 1. The van der Waals surface area contributed by atoms with Crippen molar-refractivity contribution in [2.45, 2.75) is 25.7 Å². The molecule has 0 aliphatic carbocycles. The first-order valence-electron chi connectivity index (χ1n) is 5.04. The van der Waals surface area contributed by atoms with Crippen molar-refractivity contribution in [1.82, 2.24) is 4.98 Å². The van der Waals surface area contributed by atoms with Crippen molar-refractivity contribution < 1.29 is 0 Å². The monoisotopic (exact) mass is 253 g/mol. The Morgan fingerprint density at radius 1 is 1.21 bits per heavy atom. The minimum absolute atomic E-state index is 1.06. The maximum Gasteiger partial charge on any atom is 0.0403 e. The highest BCUT2D eigenvalue weighted by Gasteiger charge is 1.90. The van der Waals surface area contributed by atoms with Crippen molar-refractivity contribution in [1.29, 1.82) is 0 Å². The van der Waals surface area contributed by atoms with Crippen LogP contribution in [0.25, 0.3) is 0 Å². The van der Waals surface area contributed by atoms with Crippen molar-refractivity contribution in [3.8, 4) is 0 Å². The van der Waals surface area contributed by atoms with Crippen LogP contribution in [0.4, 0.5) is 0 Å². The van der Waals surface area contributed by atoms with Crippen molar-refractivity contribution in [3.05, 3.63) is 42.2 Å². The number of unbranched alkanes of at least 4 members (excludes halogenated alkanes) is 1. The molecule has 0 saturated heterocycles. The highest BCUT2D eigenvalue weighted by molar-refractivity contribution is 9.09. The van der Waals surface area contributed by atoms with Crippen LogP contribution in [0.1, 0.15) is 25.0 Å². The average Bonchev–Trinajstić information content (AvgIpc) is 2.25. The fraction of sp³-hybridized carbons (Fsp3) is 0.417. The minimum atomic E-state index is 1.06. The Hall–Kier alpha value is -0.630. The number of nitrogens with zero attached hydrogens (tertiary/aromatic N) is 1. The third-order valence-corrected chi connectivity index (χ3v) is 2.43. The number of aromatic nitrogens is 1. The van der Waals surface area contributed by atoms with E-state index in [0.717, 1.165) is 24.6 Å². The van der Waals surface area contributed by atoms with E-state index in [4.69, 9.17) is 0 Å². The van der Waals surface area contributed by atoms with E-state index in [1.54, 1.807) is 0 Å². The van der Waals surface area contributed by atoms with Crippen molar-refractivity contribution in [2.75, 3.05) is 5.33 Å². The molecule has 0 bridgehead atoms. The van der Waals surface area contributed by atoms with Gasteiger partial charge in [-0.15, -0.1) is 0 Å². The van der Waals surface area contributed by atoms with Gasteiger partial charge in [0.25, 0.3) is 0 Å². The van der Waals surface area contributed by atoms with Crippen LogP contribution in [0, 0.1) is 0 Å². The summed E-state index contributed by atoms with van der Waals surface area (Å²) in [6.45, 7) is 0. The Labute approximate surface area is 94.4 Å². The Bertz CT molecular complexity index is 256. The summed E-state index contributed by atoms with van der Waals surface area (Å²) in [5, 5.41) is 1.06. The second-order valence-corrected chi connectivity index (χ2v) is 3.96. The van der Waals surface area contributed by atoms with E-state index in [2.05, 4.69) is 39.1 Å². The SMILES string of the molecule is BrCC/C=C/CCCc1ccccn1. The van der Waals surface area contributed by atoms with Crippen LogP contribution in [0.3, 0.4) is 0 Å². The predicted molar refractivity (Wildman–Crippen MR) is 64.7 cm³/mol. The van der Waals surface area contributed by atoms with Gasteiger partial charge in [0.2, 0.25) is 0 Å². The summed E-state index contributed by atoms with van der Waals surface area (Å²) in [6, 6.07) is 6.09. The first kappa shape index (κ1) is 11.4. The minimum Gasteiger partial charge on any atom is -0.261 e. The number of allylic oxidation sites excluding steroid dienone is 2. The van der Waals surface area contributed by atoms with Gasteiger partial charge in [0.15, 0.2) is 0 Å². The van der Waals surface area contributed by atoms with E-state index < -0.39 is 0 Å². The normalized spacial score (nSPS) is 10.9. The van der Waals surface area contributed by atoms with Crippen LogP contribution >= 0.6 is 15.9 Å². The Morgan fingerprint density at radius 3 is 2.79 bits per heavy atom. The lowest BCUT2D eigenvalue weighted by Crippen LogP contribution is -1.87. The highest BCUT2D eigenvalue weighted by Crippen LogP contribution is 2.02. The largest absolute Gasteiger partial charge is 0.261 e. The molecule has 0 spiro atoms. The topological polar surface area (TPSA) is 12.9 Å². The molecule has 0 amide bonds. The van der Waals surface area contributed by atoms with E-state index in [1.807, 2.05) is 18.3 Å². The van der Waals surface area contributed by atoms with Gasteiger partial charge in [-0.05, 0) is 37.8 Å². The van der Waals surface area contributed by atoms with Gasteiger partial charge in [-0.25, -0.2) is 0 Å². The van der Waals surface area contributed by atoms with Crippen molar-refractivity contribution >= 4 is 15.9 Å². The molecule has 0 fully saturated rings. The van der Waals surface area contributed by atoms with Crippen LogP contribution in [0.5, 0.6) is 0 Å². The fourth-order valence-corrected chi connectivity index (χ4v) is 1.51. The number of pyridine rings is 1.